The van der Waals surface area contributed by atoms with E-state index in [1.807, 2.05) is 25.3 Å². The summed E-state index contributed by atoms with van der Waals surface area (Å²) in [5, 5.41) is 7.26. The van der Waals surface area contributed by atoms with Crippen LogP contribution in [-0.2, 0) is 11.3 Å². The molecule has 0 radical (unpaired) electrons. The first kappa shape index (κ1) is 14.5. The van der Waals surface area contributed by atoms with Crippen LogP contribution in [0, 0.1) is 5.92 Å². The Balaban J connectivity index is 1.90. The van der Waals surface area contributed by atoms with Gasteiger partial charge in [0.25, 0.3) is 0 Å². The van der Waals surface area contributed by atoms with Gasteiger partial charge in [-0.1, -0.05) is 13.8 Å². The lowest BCUT2D eigenvalue weighted by Crippen LogP contribution is -2.42. The van der Waals surface area contributed by atoms with Gasteiger partial charge in [0.2, 0.25) is 5.91 Å². The number of hydrogen-bond acceptors (Lipinski definition) is 3. The van der Waals surface area contributed by atoms with Crippen molar-refractivity contribution in [3.05, 3.63) is 30.1 Å². The lowest BCUT2D eigenvalue weighted by atomic mass is 10.2. The van der Waals surface area contributed by atoms with E-state index in [0.717, 1.165) is 16.6 Å². The van der Waals surface area contributed by atoms with Crippen LogP contribution in [0.4, 0.5) is 0 Å². The average molecular weight is 274 g/mol. The van der Waals surface area contributed by atoms with Crippen LogP contribution in [0.5, 0.6) is 0 Å². The molecule has 0 fully saturated rings. The number of pyridine rings is 1. The number of aromatic nitrogens is 2. The zero-order valence-electron chi connectivity index (χ0n) is 12.2. The van der Waals surface area contributed by atoms with E-state index >= 15 is 0 Å². The monoisotopic (exact) mass is 274 g/mol. The molecule has 3 N–H and O–H groups in total. The molecule has 2 aromatic rings. The summed E-state index contributed by atoms with van der Waals surface area (Å²) in [7, 11) is 0. The van der Waals surface area contributed by atoms with Crippen molar-refractivity contribution in [2.75, 3.05) is 6.54 Å². The second kappa shape index (κ2) is 6.52. The number of rotatable bonds is 6. The molecule has 1 unspecified atom stereocenters. The van der Waals surface area contributed by atoms with Crippen molar-refractivity contribution in [1.82, 2.24) is 20.6 Å². The predicted octanol–water partition coefficient (Wildman–Crippen LogP) is 1.81. The van der Waals surface area contributed by atoms with E-state index in [0.29, 0.717) is 19.0 Å². The summed E-state index contributed by atoms with van der Waals surface area (Å²) >= 11 is 0. The Bertz CT molecular complexity index is 576. The fourth-order valence-electron chi connectivity index (χ4n) is 1.97. The number of fused-ring (bicyclic) bond motifs is 1. The highest BCUT2D eigenvalue weighted by Crippen LogP contribution is 2.15. The third-order valence-electron chi connectivity index (χ3n) is 3.21. The van der Waals surface area contributed by atoms with Gasteiger partial charge in [-0.15, -0.1) is 0 Å². The number of carbonyl (C=O) groups is 1. The Morgan fingerprint density at radius 1 is 1.40 bits per heavy atom. The van der Waals surface area contributed by atoms with Crippen LogP contribution < -0.4 is 10.6 Å². The van der Waals surface area contributed by atoms with Crippen molar-refractivity contribution in [2.24, 2.45) is 5.92 Å². The van der Waals surface area contributed by atoms with Gasteiger partial charge in [0, 0.05) is 30.9 Å². The number of nitrogens with zero attached hydrogens (tertiary/aromatic N) is 1. The zero-order chi connectivity index (χ0) is 14.5. The molecule has 1 atom stereocenters. The lowest BCUT2D eigenvalue weighted by molar-refractivity contribution is -0.122. The third kappa shape index (κ3) is 3.57. The summed E-state index contributed by atoms with van der Waals surface area (Å²) in [5.41, 5.74) is 2.00. The molecule has 0 aliphatic carbocycles. The molecule has 2 aromatic heterocycles. The molecule has 0 saturated heterocycles. The molecule has 2 rings (SSSR count). The Kier molecular flexibility index (Phi) is 4.74. The number of aromatic amines is 1. The van der Waals surface area contributed by atoms with Crippen molar-refractivity contribution >= 4 is 16.9 Å². The van der Waals surface area contributed by atoms with E-state index in [1.165, 1.54) is 0 Å². The van der Waals surface area contributed by atoms with E-state index in [2.05, 4.69) is 34.4 Å². The van der Waals surface area contributed by atoms with Crippen LogP contribution in [0.1, 0.15) is 26.3 Å². The number of amides is 1. The standard InChI is InChI=1S/C15H22N4O/c1-10(2)7-19-15(20)11(3)17-8-12-9-18-14-13(12)5-4-6-16-14/h4-6,9-11,17H,7-8H2,1-3H3,(H,16,18)(H,19,20). The van der Waals surface area contributed by atoms with Gasteiger partial charge in [-0.2, -0.15) is 0 Å². The molecule has 2 heterocycles. The Morgan fingerprint density at radius 2 is 2.20 bits per heavy atom. The Hall–Kier alpha value is -1.88. The van der Waals surface area contributed by atoms with Crippen LogP contribution in [0.2, 0.25) is 0 Å². The van der Waals surface area contributed by atoms with Crippen LogP contribution in [0.15, 0.2) is 24.5 Å². The zero-order valence-corrected chi connectivity index (χ0v) is 12.2. The first-order valence-corrected chi connectivity index (χ1v) is 7.00. The Morgan fingerprint density at radius 3 is 2.95 bits per heavy atom. The molecular weight excluding hydrogens is 252 g/mol. The summed E-state index contributed by atoms with van der Waals surface area (Å²) < 4.78 is 0. The number of hydrogen-bond donors (Lipinski definition) is 3. The fourth-order valence-corrected chi connectivity index (χ4v) is 1.97. The van der Waals surface area contributed by atoms with Gasteiger partial charge in [-0.25, -0.2) is 4.98 Å². The van der Waals surface area contributed by atoms with Crippen LogP contribution >= 0.6 is 0 Å². The van der Waals surface area contributed by atoms with Crippen molar-refractivity contribution in [3.8, 4) is 0 Å². The van der Waals surface area contributed by atoms with E-state index in [-0.39, 0.29) is 11.9 Å². The minimum atomic E-state index is -0.213. The van der Waals surface area contributed by atoms with Gasteiger partial charge in [0.15, 0.2) is 0 Å². The smallest absolute Gasteiger partial charge is 0.236 e. The number of H-pyrrole nitrogens is 1. The summed E-state index contributed by atoms with van der Waals surface area (Å²) in [6, 6.07) is 3.73. The largest absolute Gasteiger partial charge is 0.354 e. The van der Waals surface area contributed by atoms with Gasteiger partial charge >= 0.3 is 0 Å². The topological polar surface area (TPSA) is 69.8 Å². The molecule has 0 spiro atoms. The fraction of sp³-hybridized carbons (Fsp3) is 0.467. The van der Waals surface area contributed by atoms with E-state index in [1.54, 1.807) is 6.20 Å². The first-order valence-electron chi connectivity index (χ1n) is 7.00. The molecule has 108 valence electrons. The predicted molar refractivity (Wildman–Crippen MR) is 80.2 cm³/mol. The molecule has 0 saturated carbocycles. The Labute approximate surface area is 119 Å². The summed E-state index contributed by atoms with van der Waals surface area (Å²) in [4.78, 5) is 19.3. The third-order valence-corrected chi connectivity index (χ3v) is 3.21. The van der Waals surface area contributed by atoms with Crippen molar-refractivity contribution in [1.29, 1.82) is 0 Å². The van der Waals surface area contributed by atoms with Gasteiger partial charge in [-0.3, -0.25) is 4.79 Å². The van der Waals surface area contributed by atoms with E-state index in [9.17, 15) is 4.79 Å². The van der Waals surface area contributed by atoms with Crippen LogP contribution in [-0.4, -0.2) is 28.5 Å². The quantitative estimate of drug-likeness (QED) is 0.752. The van der Waals surface area contributed by atoms with Gasteiger partial charge in [-0.05, 0) is 30.5 Å². The van der Waals surface area contributed by atoms with Gasteiger partial charge in [0.1, 0.15) is 5.65 Å². The molecule has 20 heavy (non-hydrogen) atoms. The lowest BCUT2D eigenvalue weighted by Gasteiger charge is -2.14. The van der Waals surface area contributed by atoms with Crippen molar-refractivity contribution < 1.29 is 4.79 Å². The first-order chi connectivity index (χ1) is 9.58. The average Bonchev–Trinajstić information content (AvgIpc) is 2.85. The van der Waals surface area contributed by atoms with E-state index < -0.39 is 0 Å². The number of nitrogens with one attached hydrogen (secondary N) is 3. The maximum atomic E-state index is 11.9. The number of carbonyl (C=O) groups excluding carboxylic acids is 1. The normalized spacial score (nSPS) is 12.8. The second-order valence-electron chi connectivity index (χ2n) is 5.46. The van der Waals surface area contributed by atoms with Crippen LogP contribution in [0.25, 0.3) is 11.0 Å². The van der Waals surface area contributed by atoms with Crippen molar-refractivity contribution in [2.45, 2.75) is 33.4 Å². The highest BCUT2D eigenvalue weighted by Gasteiger charge is 2.13. The summed E-state index contributed by atoms with van der Waals surface area (Å²) in [5.74, 6) is 0.502. The molecule has 5 heteroatoms. The molecule has 1 amide bonds. The molecule has 0 bridgehead atoms. The maximum Gasteiger partial charge on any atom is 0.236 e. The molecule has 5 nitrogen and oxygen atoms in total. The minimum absolute atomic E-state index is 0.0386. The van der Waals surface area contributed by atoms with Crippen LogP contribution in [0.3, 0.4) is 0 Å². The molecular formula is C15H22N4O. The highest BCUT2D eigenvalue weighted by molar-refractivity contribution is 5.82. The minimum Gasteiger partial charge on any atom is -0.354 e. The summed E-state index contributed by atoms with van der Waals surface area (Å²) in [6.45, 7) is 7.39. The van der Waals surface area contributed by atoms with Gasteiger partial charge in [0.05, 0.1) is 6.04 Å². The maximum absolute atomic E-state index is 11.9. The second-order valence-corrected chi connectivity index (χ2v) is 5.46. The van der Waals surface area contributed by atoms with Crippen molar-refractivity contribution in [3.63, 3.8) is 0 Å². The van der Waals surface area contributed by atoms with Gasteiger partial charge < -0.3 is 15.6 Å². The molecule has 0 aliphatic rings. The highest BCUT2D eigenvalue weighted by atomic mass is 16.2. The molecule has 0 aliphatic heterocycles. The van der Waals surface area contributed by atoms with E-state index in [4.69, 9.17) is 0 Å². The SMILES string of the molecule is CC(C)CNC(=O)C(C)NCc1c[nH]c2ncccc12. The summed E-state index contributed by atoms with van der Waals surface area (Å²) in [6.07, 6.45) is 3.70. The molecule has 0 aromatic carbocycles.